The fourth-order valence-electron chi connectivity index (χ4n) is 2.90. The van der Waals surface area contributed by atoms with Crippen LogP contribution in [0, 0.1) is 0 Å². The fourth-order valence-corrected chi connectivity index (χ4v) is 3.09. The Balaban J connectivity index is 0.00000225. The van der Waals surface area contributed by atoms with Gasteiger partial charge in [-0.25, -0.2) is 4.98 Å². The average molecular weight is 474 g/mol. The number of aliphatic imine (C=N–C) groups is 1. The van der Waals surface area contributed by atoms with Crippen LogP contribution in [-0.2, 0) is 12.0 Å². The third kappa shape index (κ3) is 5.60. The van der Waals surface area contributed by atoms with Crippen molar-refractivity contribution in [2.45, 2.75) is 31.2 Å². The summed E-state index contributed by atoms with van der Waals surface area (Å²) in [6.45, 7) is 2.72. The summed E-state index contributed by atoms with van der Waals surface area (Å²) >= 11 is 6.13. The second kappa shape index (κ2) is 9.43. The van der Waals surface area contributed by atoms with Gasteiger partial charge in [-0.1, -0.05) is 23.7 Å². The molecule has 0 unspecified atom stereocenters. The highest BCUT2D eigenvalue weighted by atomic mass is 127. The Hall–Kier alpha value is -1.28. The molecule has 136 valence electrons. The largest absolute Gasteiger partial charge is 0.356 e. The van der Waals surface area contributed by atoms with E-state index in [0.717, 1.165) is 37.0 Å². The summed E-state index contributed by atoms with van der Waals surface area (Å²) in [6, 6.07) is 8.20. The number of rotatable bonds is 7. The van der Waals surface area contributed by atoms with Gasteiger partial charge in [-0.2, -0.15) is 0 Å². The SMILES string of the molecule is CN=C(NCCCn1ccnc1)NCC1(c2cccc(Cl)c2)CC1.I. The number of nitrogens with zero attached hydrogens (tertiary/aromatic N) is 3. The van der Waals surface area contributed by atoms with E-state index in [1.807, 2.05) is 31.7 Å². The Labute approximate surface area is 171 Å². The maximum Gasteiger partial charge on any atom is 0.191 e. The summed E-state index contributed by atoms with van der Waals surface area (Å²) < 4.78 is 2.08. The van der Waals surface area contributed by atoms with Crippen molar-refractivity contribution in [3.05, 3.63) is 53.6 Å². The van der Waals surface area contributed by atoms with Crippen LogP contribution in [0.5, 0.6) is 0 Å². The Morgan fingerprint density at radius 1 is 1.36 bits per heavy atom. The van der Waals surface area contributed by atoms with E-state index in [0.29, 0.717) is 0 Å². The van der Waals surface area contributed by atoms with Crippen LogP contribution < -0.4 is 10.6 Å². The van der Waals surface area contributed by atoms with Gasteiger partial charge in [0.25, 0.3) is 0 Å². The lowest BCUT2D eigenvalue weighted by Gasteiger charge is -2.19. The minimum absolute atomic E-state index is 0. The van der Waals surface area contributed by atoms with Crippen molar-refractivity contribution >= 4 is 41.5 Å². The summed E-state index contributed by atoms with van der Waals surface area (Å²) in [5.74, 6) is 0.855. The molecule has 5 nitrogen and oxygen atoms in total. The van der Waals surface area contributed by atoms with Gasteiger partial charge in [0.1, 0.15) is 0 Å². The Morgan fingerprint density at radius 3 is 2.84 bits per heavy atom. The normalized spacial score (nSPS) is 15.4. The smallest absolute Gasteiger partial charge is 0.191 e. The molecule has 0 radical (unpaired) electrons. The maximum atomic E-state index is 6.13. The highest BCUT2D eigenvalue weighted by Gasteiger charge is 2.44. The topological polar surface area (TPSA) is 54.2 Å². The first-order valence-corrected chi connectivity index (χ1v) is 8.76. The van der Waals surface area contributed by atoms with Gasteiger partial charge in [-0.15, -0.1) is 24.0 Å². The van der Waals surface area contributed by atoms with Gasteiger partial charge in [0, 0.05) is 49.5 Å². The van der Waals surface area contributed by atoms with Gasteiger partial charge in [0.05, 0.1) is 6.33 Å². The molecule has 1 aromatic carbocycles. The lowest BCUT2D eigenvalue weighted by Crippen LogP contribution is -2.41. The van der Waals surface area contributed by atoms with Crippen LogP contribution in [0.25, 0.3) is 0 Å². The first kappa shape index (κ1) is 20.0. The van der Waals surface area contributed by atoms with Crippen LogP contribution in [0.3, 0.4) is 0 Å². The van der Waals surface area contributed by atoms with Crippen molar-refractivity contribution < 1.29 is 0 Å². The molecule has 2 aromatic rings. The third-order valence-electron chi connectivity index (χ3n) is 4.55. The zero-order chi connectivity index (χ0) is 16.8. The molecule has 7 heteroatoms. The minimum Gasteiger partial charge on any atom is -0.356 e. The Morgan fingerprint density at radius 2 is 2.20 bits per heavy atom. The zero-order valence-electron chi connectivity index (χ0n) is 14.4. The molecule has 25 heavy (non-hydrogen) atoms. The van der Waals surface area contributed by atoms with Gasteiger partial charge >= 0.3 is 0 Å². The van der Waals surface area contributed by atoms with Crippen molar-refractivity contribution in [2.24, 2.45) is 4.99 Å². The maximum absolute atomic E-state index is 6.13. The van der Waals surface area contributed by atoms with Crippen LogP contribution in [0.4, 0.5) is 0 Å². The molecular formula is C18H25ClIN5. The molecule has 2 N–H and O–H groups in total. The van der Waals surface area contributed by atoms with E-state index in [1.54, 1.807) is 6.20 Å². The number of hydrogen-bond acceptors (Lipinski definition) is 2. The number of aromatic nitrogens is 2. The van der Waals surface area contributed by atoms with Gasteiger partial charge in [0.15, 0.2) is 5.96 Å². The van der Waals surface area contributed by atoms with Gasteiger partial charge in [0.2, 0.25) is 0 Å². The van der Waals surface area contributed by atoms with E-state index in [9.17, 15) is 0 Å². The number of halogens is 2. The molecule has 0 amide bonds. The summed E-state index contributed by atoms with van der Waals surface area (Å²) in [5.41, 5.74) is 1.53. The minimum atomic E-state index is 0. The number of hydrogen-bond donors (Lipinski definition) is 2. The molecule has 1 aliphatic rings. The second-order valence-electron chi connectivity index (χ2n) is 6.30. The van der Waals surface area contributed by atoms with Crippen molar-refractivity contribution in [1.29, 1.82) is 0 Å². The standard InChI is InChI=1S/C18H24ClN5.HI/c1-20-17(22-8-3-10-24-11-9-21-14-24)23-13-18(6-7-18)15-4-2-5-16(19)12-15;/h2,4-5,9,11-12,14H,3,6-8,10,13H2,1H3,(H2,20,22,23);1H. The zero-order valence-corrected chi connectivity index (χ0v) is 17.5. The van der Waals surface area contributed by atoms with E-state index in [-0.39, 0.29) is 29.4 Å². The highest BCUT2D eigenvalue weighted by molar-refractivity contribution is 14.0. The molecule has 1 aliphatic carbocycles. The molecule has 0 bridgehead atoms. The molecule has 1 saturated carbocycles. The predicted molar refractivity (Wildman–Crippen MR) is 114 cm³/mol. The molecule has 1 fully saturated rings. The summed E-state index contributed by atoms with van der Waals surface area (Å²) in [6.07, 6.45) is 9.04. The number of imidazole rings is 1. The molecule has 0 spiro atoms. The van der Waals surface area contributed by atoms with Crippen LogP contribution in [0.1, 0.15) is 24.8 Å². The van der Waals surface area contributed by atoms with Crippen LogP contribution in [0.15, 0.2) is 48.0 Å². The third-order valence-corrected chi connectivity index (χ3v) is 4.79. The molecule has 0 saturated heterocycles. The van der Waals surface area contributed by atoms with Gasteiger partial charge in [-0.3, -0.25) is 4.99 Å². The number of guanidine groups is 1. The lowest BCUT2D eigenvalue weighted by molar-refractivity contribution is 0.612. The first-order valence-electron chi connectivity index (χ1n) is 8.38. The monoisotopic (exact) mass is 473 g/mol. The highest BCUT2D eigenvalue weighted by Crippen LogP contribution is 2.48. The summed E-state index contributed by atoms with van der Waals surface area (Å²) in [4.78, 5) is 8.36. The van der Waals surface area contributed by atoms with Crippen molar-refractivity contribution in [3.8, 4) is 0 Å². The molecule has 1 heterocycles. The summed E-state index contributed by atoms with van der Waals surface area (Å²) in [5, 5.41) is 7.64. The fraction of sp³-hybridized carbons (Fsp3) is 0.444. The Kier molecular flexibility index (Phi) is 7.56. The summed E-state index contributed by atoms with van der Waals surface area (Å²) in [7, 11) is 1.81. The van der Waals surface area contributed by atoms with Gasteiger partial charge < -0.3 is 15.2 Å². The number of nitrogens with one attached hydrogen (secondary N) is 2. The van der Waals surface area contributed by atoms with E-state index >= 15 is 0 Å². The Bertz CT molecular complexity index is 683. The molecule has 0 atom stereocenters. The van der Waals surface area contributed by atoms with E-state index in [1.165, 1.54) is 18.4 Å². The van der Waals surface area contributed by atoms with Crippen LogP contribution in [0.2, 0.25) is 5.02 Å². The van der Waals surface area contributed by atoms with Crippen molar-refractivity contribution in [1.82, 2.24) is 20.2 Å². The van der Waals surface area contributed by atoms with Crippen molar-refractivity contribution in [3.63, 3.8) is 0 Å². The first-order chi connectivity index (χ1) is 11.7. The number of benzene rings is 1. The lowest BCUT2D eigenvalue weighted by atomic mass is 9.96. The van der Waals surface area contributed by atoms with E-state index in [2.05, 4.69) is 37.3 Å². The van der Waals surface area contributed by atoms with Gasteiger partial charge in [-0.05, 0) is 37.0 Å². The number of aryl methyl sites for hydroxylation is 1. The quantitative estimate of drug-likeness (QED) is 0.280. The molecule has 3 rings (SSSR count). The van der Waals surface area contributed by atoms with E-state index < -0.39 is 0 Å². The van der Waals surface area contributed by atoms with E-state index in [4.69, 9.17) is 11.6 Å². The molecular weight excluding hydrogens is 449 g/mol. The molecule has 0 aliphatic heterocycles. The second-order valence-corrected chi connectivity index (χ2v) is 6.73. The molecule has 1 aromatic heterocycles. The predicted octanol–water partition coefficient (Wildman–Crippen LogP) is 3.44. The van der Waals surface area contributed by atoms with Crippen molar-refractivity contribution in [2.75, 3.05) is 20.1 Å². The average Bonchev–Trinajstić information content (AvgIpc) is 3.21. The van der Waals surface area contributed by atoms with Crippen LogP contribution in [-0.4, -0.2) is 35.6 Å². The van der Waals surface area contributed by atoms with Crippen LogP contribution >= 0.6 is 35.6 Å².